The lowest BCUT2D eigenvalue weighted by Gasteiger charge is -2.15. The number of benzene rings is 2. The number of carboxylic acids is 1. The molecule has 6 nitrogen and oxygen atoms in total. The van der Waals surface area contributed by atoms with Crippen LogP contribution in [-0.4, -0.2) is 30.7 Å². The highest BCUT2D eigenvalue weighted by atomic mass is 19.3. The van der Waals surface area contributed by atoms with Gasteiger partial charge in [0.1, 0.15) is 11.5 Å². The maximum absolute atomic E-state index is 12.1. The Morgan fingerprint density at radius 2 is 1.63 bits per heavy atom. The SMILES string of the molecule is COc1ccc(C(NC(=O)CCc2ccc(OC(F)F)cc2)C(=O)O)cc1. The number of methoxy groups -OCH3 is 1. The van der Waals surface area contributed by atoms with Gasteiger partial charge in [0.15, 0.2) is 6.04 Å². The molecule has 27 heavy (non-hydrogen) atoms. The van der Waals surface area contributed by atoms with Crippen molar-refractivity contribution in [1.29, 1.82) is 0 Å². The van der Waals surface area contributed by atoms with Crippen LogP contribution in [0, 0.1) is 0 Å². The quantitative estimate of drug-likeness (QED) is 0.699. The summed E-state index contributed by atoms with van der Waals surface area (Å²) in [7, 11) is 1.50. The number of carbonyl (C=O) groups excluding carboxylic acids is 1. The van der Waals surface area contributed by atoms with Crippen LogP contribution < -0.4 is 14.8 Å². The molecule has 2 N–H and O–H groups in total. The lowest BCUT2D eigenvalue weighted by atomic mass is 10.1. The standard InChI is InChI=1S/C19H19F2NO5/c1-26-14-9-5-13(6-10-14)17(18(24)25)22-16(23)11-4-12-2-7-15(8-3-12)27-19(20)21/h2-3,5-10,17,19H,4,11H2,1H3,(H,22,23)(H,24,25). The van der Waals surface area contributed by atoms with E-state index in [1.54, 1.807) is 36.4 Å². The molecule has 2 aromatic carbocycles. The van der Waals surface area contributed by atoms with Crippen LogP contribution in [0.3, 0.4) is 0 Å². The van der Waals surface area contributed by atoms with Crippen molar-refractivity contribution >= 4 is 11.9 Å². The zero-order valence-electron chi connectivity index (χ0n) is 14.5. The number of halogens is 2. The van der Waals surface area contributed by atoms with Crippen LogP contribution in [0.25, 0.3) is 0 Å². The molecule has 0 spiro atoms. The largest absolute Gasteiger partial charge is 0.497 e. The highest BCUT2D eigenvalue weighted by Crippen LogP contribution is 2.19. The molecule has 1 atom stereocenters. The predicted octanol–water partition coefficient (Wildman–Crippen LogP) is 3.17. The van der Waals surface area contributed by atoms with Gasteiger partial charge in [-0.05, 0) is 41.8 Å². The van der Waals surface area contributed by atoms with Crippen molar-refractivity contribution in [1.82, 2.24) is 5.32 Å². The van der Waals surface area contributed by atoms with Gasteiger partial charge in [-0.1, -0.05) is 24.3 Å². The van der Waals surface area contributed by atoms with Gasteiger partial charge in [0.2, 0.25) is 5.91 Å². The van der Waals surface area contributed by atoms with Crippen LogP contribution in [0.4, 0.5) is 8.78 Å². The second-order valence-corrected chi connectivity index (χ2v) is 5.63. The van der Waals surface area contributed by atoms with E-state index in [0.29, 0.717) is 17.7 Å². The number of carboxylic acid groups (broad SMARTS) is 1. The number of rotatable bonds is 9. The first-order chi connectivity index (χ1) is 12.9. The molecule has 0 aromatic heterocycles. The Morgan fingerprint density at radius 1 is 1.04 bits per heavy atom. The molecule has 0 heterocycles. The fraction of sp³-hybridized carbons (Fsp3) is 0.263. The first kappa shape index (κ1) is 20.2. The van der Waals surface area contributed by atoms with Gasteiger partial charge in [0.25, 0.3) is 0 Å². The minimum absolute atomic E-state index is 0.0312. The van der Waals surface area contributed by atoms with Gasteiger partial charge in [-0.15, -0.1) is 0 Å². The third-order valence-electron chi connectivity index (χ3n) is 3.79. The summed E-state index contributed by atoms with van der Waals surface area (Å²) in [4.78, 5) is 23.6. The molecule has 0 fully saturated rings. The fourth-order valence-corrected chi connectivity index (χ4v) is 2.41. The van der Waals surface area contributed by atoms with Crippen molar-refractivity contribution in [3.05, 3.63) is 59.7 Å². The Balaban J connectivity index is 1.92. The number of hydrogen-bond acceptors (Lipinski definition) is 4. The summed E-state index contributed by atoms with van der Waals surface area (Å²) in [5, 5.41) is 11.8. The monoisotopic (exact) mass is 379 g/mol. The van der Waals surface area contributed by atoms with Crippen LogP contribution in [0.1, 0.15) is 23.6 Å². The minimum atomic E-state index is -2.90. The van der Waals surface area contributed by atoms with E-state index in [1.165, 1.54) is 19.2 Å². The molecule has 0 aliphatic heterocycles. The maximum Gasteiger partial charge on any atom is 0.387 e. The lowest BCUT2D eigenvalue weighted by Crippen LogP contribution is -2.33. The molecule has 0 saturated carbocycles. The molecular formula is C19H19F2NO5. The molecule has 144 valence electrons. The first-order valence-corrected chi connectivity index (χ1v) is 8.09. The zero-order chi connectivity index (χ0) is 19.8. The second-order valence-electron chi connectivity index (χ2n) is 5.63. The van der Waals surface area contributed by atoms with E-state index >= 15 is 0 Å². The van der Waals surface area contributed by atoms with E-state index in [-0.39, 0.29) is 12.2 Å². The highest BCUT2D eigenvalue weighted by molar-refractivity contribution is 5.84. The zero-order valence-corrected chi connectivity index (χ0v) is 14.5. The van der Waals surface area contributed by atoms with Crippen LogP contribution >= 0.6 is 0 Å². The summed E-state index contributed by atoms with van der Waals surface area (Å²) in [6, 6.07) is 11.1. The van der Waals surface area contributed by atoms with Crippen molar-refractivity contribution in [2.24, 2.45) is 0 Å². The van der Waals surface area contributed by atoms with Crippen molar-refractivity contribution in [2.45, 2.75) is 25.5 Å². The summed E-state index contributed by atoms with van der Waals surface area (Å²) in [6.45, 7) is -2.90. The smallest absolute Gasteiger partial charge is 0.387 e. The number of hydrogen-bond donors (Lipinski definition) is 2. The number of amides is 1. The first-order valence-electron chi connectivity index (χ1n) is 8.09. The number of carbonyl (C=O) groups is 2. The van der Waals surface area contributed by atoms with Crippen molar-refractivity contribution in [3.8, 4) is 11.5 Å². The summed E-state index contributed by atoms with van der Waals surface area (Å²) < 4.78 is 33.5. The Kier molecular flexibility index (Phi) is 7.10. The minimum Gasteiger partial charge on any atom is -0.497 e. The van der Waals surface area contributed by atoms with E-state index < -0.39 is 24.5 Å². The molecule has 0 saturated heterocycles. The maximum atomic E-state index is 12.1. The highest BCUT2D eigenvalue weighted by Gasteiger charge is 2.22. The summed E-state index contributed by atoms with van der Waals surface area (Å²) in [6.07, 6.45) is 0.380. The Morgan fingerprint density at radius 3 is 2.15 bits per heavy atom. The summed E-state index contributed by atoms with van der Waals surface area (Å²) in [5.41, 5.74) is 1.16. The Hall–Kier alpha value is -3.16. The van der Waals surface area contributed by atoms with Crippen LogP contribution in [0.2, 0.25) is 0 Å². The van der Waals surface area contributed by atoms with E-state index in [4.69, 9.17) is 4.74 Å². The van der Waals surface area contributed by atoms with Gasteiger partial charge >= 0.3 is 12.6 Å². The molecule has 8 heteroatoms. The van der Waals surface area contributed by atoms with Crippen LogP contribution in [0.15, 0.2) is 48.5 Å². The van der Waals surface area contributed by atoms with Gasteiger partial charge < -0.3 is 19.9 Å². The number of alkyl halides is 2. The van der Waals surface area contributed by atoms with E-state index in [1.807, 2.05) is 0 Å². The third-order valence-corrected chi connectivity index (χ3v) is 3.79. The molecule has 1 amide bonds. The van der Waals surface area contributed by atoms with Crippen LogP contribution in [-0.2, 0) is 16.0 Å². The average molecular weight is 379 g/mol. The molecule has 1 unspecified atom stereocenters. The Bertz CT molecular complexity index is 763. The lowest BCUT2D eigenvalue weighted by molar-refractivity contribution is -0.142. The second kappa shape index (κ2) is 9.51. The van der Waals surface area contributed by atoms with Gasteiger partial charge in [0.05, 0.1) is 7.11 Å². The molecule has 0 bridgehead atoms. The summed E-state index contributed by atoms with van der Waals surface area (Å²) in [5.74, 6) is -1.01. The van der Waals surface area contributed by atoms with Crippen molar-refractivity contribution in [2.75, 3.05) is 7.11 Å². The summed E-state index contributed by atoms with van der Waals surface area (Å²) >= 11 is 0. The number of ether oxygens (including phenoxy) is 2. The predicted molar refractivity (Wildman–Crippen MR) is 92.9 cm³/mol. The van der Waals surface area contributed by atoms with E-state index in [9.17, 15) is 23.5 Å². The molecule has 2 rings (SSSR count). The van der Waals surface area contributed by atoms with Crippen molar-refractivity contribution < 1.29 is 33.0 Å². The fourth-order valence-electron chi connectivity index (χ4n) is 2.41. The average Bonchev–Trinajstić information content (AvgIpc) is 2.65. The molecular weight excluding hydrogens is 360 g/mol. The number of aliphatic carboxylic acids is 1. The molecule has 2 aromatic rings. The van der Waals surface area contributed by atoms with Gasteiger partial charge in [-0.25, -0.2) is 4.79 Å². The van der Waals surface area contributed by atoms with Crippen LogP contribution in [0.5, 0.6) is 11.5 Å². The van der Waals surface area contributed by atoms with E-state index in [0.717, 1.165) is 5.56 Å². The van der Waals surface area contributed by atoms with Crippen molar-refractivity contribution in [3.63, 3.8) is 0 Å². The van der Waals surface area contributed by atoms with Gasteiger partial charge in [-0.3, -0.25) is 4.79 Å². The normalized spacial score (nSPS) is 11.7. The van der Waals surface area contributed by atoms with Gasteiger partial charge in [0, 0.05) is 6.42 Å². The Labute approximate surface area is 154 Å². The molecule has 0 aliphatic carbocycles. The van der Waals surface area contributed by atoms with E-state index in [2.05, 4.69) is 10.1 Å². The number of aryl methyl sites for hydroxylation is 1. The molecule has 0 radical (unpaired) electrons. The third kappa shape index (κ3) is 6.25. The number of nitrogens with one attached hydrogen (secondary N) is 1. The molecule has 0 aliphatic rings. The topological polar surface area (TPSA) is 84.9 Å². The van der Waals surface area contributed by atoms with Gasteiger partial charge in [-0.2, -0.15) is 8.78 Å².